The summed E-state index contributed by atoms with van der Waals surface area (Å²) in [5.74, 6) is -0.944. The van der Waals surface area contributed by atoms with Gasteiger partial charge in [0.15, 0.2) is 0 Å². The van der Waals surface area contributed by atoms with Gasteiger partial charge < -0.3 is 10.5 Å². The Hall–Kier alpha value is -1.50. The number of rotatable bonds is 3. The average molecular weight is 356 g/mol. The number of halogens is 6. The highest BCUT2D eigenvalue weighted by Crippen LogP contribution is 2.27. The Morgan fingerprint density at radius 3 is 2.14 bits per heavy atom. The van der Waals surface area contributed by atoms with Crippen molar-refractivity contribution in [2.24, 2.45) is 5.73 Å². The van der Waals surface area contributed by atoms with Crippen LogP contribution in [0.4, 0.5) is 17.6 Å². The summed E-state index contributed by atoms with van der Waals surface area (Å²) in [4.78, 5) is 0. The molecule has 2 aromatic rings. The lowest BCUT2D eigenvalue weighted by atomic mass is 9.99. The van der Waals surface area contributed by atoms with Gasteiger partial charge in [0.05, 0.1) is 6.04 Å². The van der Waals surface area contributed by atoms with Gasteiger partial charge in [-0.3, -0.25) is 0 Å². The molecule has 2 nitrogen and oxygen atoms in total. The van der Waals surface area contributed by atoms with Gasteiger partial charge in [-0.15, -0.1) is 25.6 Å². The van der Waals surface area contributed by atoms with Crippen LogP contribution in [0.25, 0.3) is 0 Å². The van der Waals surface area contributed by atoms with Crippen molar-refractivity contribution in [2.75, 3.05) is 0 Å². The first kappa shape index (κ1) is 18.5. The average Bonchev–Trinajstić information content (AvgIpc) is 2.37. The Morgan fingerprint density at radius 2 is 1.64 bits per heavy atom. The molecular weight excluding hydrogens is 345 g/mol. The zero-order valence-electron chi connectivity index (χ0n) is 10.9. The molecular formula is C14H11Cl2F4NO. The molecule has 8 heteroatoms. The molecule has 0 unspecified atom stereocenters. The maximum atomic E-state index is 13.8. The molecule has 0 spiro atoms. The number of hydrogen-bond donors (Lipinski definition) is 1. The molecule has 0 amide bonds. The van der Waals surface area contributed by atoms with E-state index in [2.05, 4.69) is 4.74 Å². The Kier molecular flexibility index (Phi) is 6.05. The summed E-state index contributed by atoms with van der Waals surface area (Å²) in [6.45, 7) is 0. The Bertz CT molecular complexity index is 632. The summed E-state index contributed by atoms with van der Waals surface area (Å²) >= 11 is 5.65. The van der Waals surface area contributed by atoms with Gasteiger partial charge in [0.25, 0.3) is 0 Å². The van der Waals surface area contributed by atoms with Gasteiger partial charge in [0.1, 0.15) is 11.6 Å². The fourth-order valence-corrected chi connectivity index (χ4v) is 1.97. The molecule has 0 aliphatic carbocycles. The normalized spacial score (nSPS) is 12.5. The second-order valence-corrected chi connectivity index (χ2v) is 4.70. The topological polar surface area (TPSA) is 35.2 Å². The minimum atomic E-state index is -4.76. The van der Waals surface area contributed by atoms with Crippen molar-refractivity contribution in [2.45, 2.75) is 12.4 Å². The Labute approximate surface area is 135 Å². The fraction of sp³-hybridized carbons (Fsp3) is 0.143. The predicted octanol–water partition coefficient (Wildman–Crippen LogP) is 4.85. The first-order valence-corrected chi connectivity index (χ1v) is 6.20. The summed E-state index contributed by atoms with van der Waals surface area (Å²) in [6.07, 6.45) is -4.76. The molecule has 0 saturated carbocycles. The first-order chi connectivity index (χ1) is 9.76. The van der Waals surface area contributed by atoms with Gasteiger partial charge in [0, 0.05) is 10.6 Å². The first-order valence-electron chi connectivity index (χ1n) is 5.82. The molecule has 0 aromatic heterocycles. The van der Waals surface area contributed by atoms with Crippen LogP contribution in [-0.2, 0) is 0 Å². The monoisotopic (exact) mass is 355 g/mol. The van der Waals surface area contributed by atoms with Crippen LogP contribution in [0.3, 0.4) is 0 Å². The lowest BCUT2D eigenvalue weighted by molar-refractivity contribution is -0.274. The van der Waals surface area contributed by atoms with E-state index >= 15 is 0 Å². The van der Waals surface area contributed by atoms with E-state index in [9.17, 15) is 17.6 Å². The van der Waals surface area contributed by atoms with Crippen LogP contribution in [0.15, 0.2) is 42.5 Å². The molecule has 2 N–H and O–H groups in total. The minimum absolute atomic E-state index is 0. The third-order valence-electron chi connectivity index (χ3n) is 2.77. The van der Waals surface area contributed by atoms with E-state index in [1.807, 2.05) is 0 Å². The van der Waals surface area contributed by atoms with Gasteiger partial charge in [0.2, 0.25) is 0 Å². The van der Waals surface area contributed by atoms with Crippen molar-refractivity contribution < 1.29 is 22.3 Å². The van der Waals surface area contributed by atoms with E-state index in [-0.39, 0.29) is 28.7 Å². The quantitative estimate of drug-likeness (QED) is 0.799. The van der Waals surface area contributed by atoms with E-state index in [0.717, 1.165) is 18.2 Å². The molecule has 22 heavy (non-hydrogen) atoms. The van der Waals surface area contributed by atoms with Crippen molar-refractivity contribution in [3.05, 3.63) is 64.4 Å². The zero-order chi connectivity index (χ0) is 15.6. The van der Waals surface area contributed by atoms with E-state index in [4.69, 9.17) is 17.3 Å². The smallest absolute Gasteiger partial charge is 0.406 e. The van der Waals surface area contributed by atoms with Gasteiger partial charge in [-0.05, 0) is 29.8 Å². The summed E-state index contributed by atoms with van der Waals surface area (Å²) < 4.78 is 53.6. The molecule has 2 rings (SSSR count). The highest BCUT2D eigenvalue weighted by Gasteiger charge is 2.31. The number of ether oxygens (including phenoxy) is 1. The molecule has 0 aliphatic heterocycles. The molecule has 0 fully saturated rings. The van der Waals surface area contributed by atoms with Gasteiger partial charge >= 0.3 is 6.36 Å². The van der Waals surface area contributed by atoms with Crippen molar-refractivity contribution in [3.8, 4) is 5.75 Å². The fourth-order valence-electron chi connectivity index (χ4n) is 1.81. The van der Waals surface area contributed by atoms with Crippen LogP contribution in [0.2, 0.25) is 5.02 Å². The molecule has 0 saturated heterocycles. The molecule has 0 bridgehead atoms. The van der Waals surface area contributed by atoms with Crippen molar-refractivity contribution in [3.63, 3.8) is 0 Å². The van der Waals surface area contributed by atoms with Gasteiger partial charge in [-0.2, -0.15) is 0 Å². The summed E-state index contributed by atoms with van der Waals surface area (Å²) in [5, 5.41) is 0.234. The lowest BCUT2D eigenvalue weighted by Crippen LogP contribution is -2.17. The van der Waals surface area contributed by atoms with Crippen molar-refractivity contribution >= 4 is 24.0 Å². The second kappa shape index (κ2) is 7.17. The SMILES string of the molecule is Cl.N[C@@H](c1ccc(OC(F)(F)F)cc1)c1ccc(Cl)cc1F. The third kappa shape index (κ3) is 4.76. The standard InChI is InChI=1S/C14H10ClF4NO.ClH/c15-9-3-6-11(12(16)7-9)13(20)8-1-4-10(5-2-8)21-14(17,18)19;/h1-7,13H,20H2;1H/t13-;/m0./s1. The maximum Gasteiger partial charge on any atom is 0.573 e. The summed E-state index contributed by atoms with van der Waals surface area (Å²) in [7, 11) is 0. The Morgan fingerprint density at radius 1 is 1.05 bits per heavy atom. The molecule has 0 radical (unpaired) electrons. The van der Waals surface area contributed by atoms with Crippen LogP contribution in [0.5, 0.6) is 5.75 Å². The highest BCUT2D eigenvalue weighted by molar-refractivity contribution is 6.30. The number of benzene rings is 2. The highest BCUT2D eigenvalue weighted by atomic mass is 35.5. The third-order valence-corrected chi connectivity index (χ3v) is 3.01. The second-order valence-electron chi connectivity index (χ2n) is 4.26. The van der Waals surface area contributed by atoms with Gasteiger partial charge in [-0.1, -0.05) is 29.8 Å². The molecule has 0 heterocycles. The molecule has 0 aliphatic rings. The van der Waals surface area contributed by atoms with E-state index in [0.29, 0.717) is 5.56 Å². The van der Waals surface area contributed by atoms with Crippen LogP contribution in [0, 0.1) is 5.82 Å². The van der Waals surface area contributed by atoms with E-state index in [1.165, 1.54) is 24.3 Å². The van der Waals surface area contributed by atoms with E-state index in [1.54, 1.807) is 0 Å². The van der Waals surface area contributed by atoms with Crippen LogP contribution < -0.4 is 10.5 Å². The lowest BCUT2D eigenvalue weighted by Gasteiger charge is -2.15. The Balaban J connectivity index is 0.00000242. The minimum Gasteiger partial charge on any atom is -0.406 e. The molecule has 120 valence electrons. The summed E-state index contributed by atoms with van der Waals surface area (Å²) in [6, 6.07) is 8.16. The van der Waals surface area contributed by atoms with Crippen molar-refractivity contribution in [1.82, 2.24) is 0 Å². The van der Waals surface area contributed by atoms with Crippen LogP contribution in [-0.4, -0.2) is 6.36 Å². The zero-order valence-corrected chi connectivity index (χ0v) is 12.5. The molecule has 1 atom stereocenters. The maximum absolute atomic E-state index is 13.8. The summed E-state index contributed by atoms with van der Waals surface area (Å²) in [5.41, 5.74) is 6.55. The van der Waals surface area contributed by atoms with Crippen LogP contribution >= 0.6 is 24.0 Å². The van der Waals surface area contributed by atoms with Crippen LogP contribution in [0.1, 0.15) is 17.2 Å². The van der Waals surface area contributed by atoms with Crippen molar-refractivity contribution in [1.29, 1.82) is 0 Å². The number of hydrogen-bond acceptors (Lipinski definition) is 2. The largest absolute Gasteiger partial charge is 0.573 e. The number of nitrogens with two attached hydrogens (primary N) is 1. The predicted molar refractivity (Wildman–Crippen MR) is 77.8 cm³/mol. The number of alkyl halides is 3. The van der Waals surface area contributed by atoms with E-state index < -0.39 is 18.2 Å². The molecule has 2 aromatic carbocycles. The van der Waals surface area contributed by atoms with Gasteiger partial charge in [-0.25, -0.2) is 4.39 Å².